The van der Waals surface area contributed by atoms with Crippen molar-refractivity contribution in [2.45, 2.75) is 33.2 Å². The van der Waals surface area contributed by atoms with Crippen LogP contribution in [-0.4, -0.2) is 24.3 Å². The zero-order chi connectivity index (χ0) is 16.4. The molecule has 0 unspecified atom stereocenters. The summed E-state index contributed by atoms with van der Waals surface area (Å²) in [5, 5.41) is 6.78. The van der Waals surface area contributed by atoms with Gasteiger partial charge in [0.1, 0.15) is 11.3 Å². The molecule has 2 heterocycles. The van der Waals surface area contributed by atoms with Gasteiger partial charge >= 0.3 is 0 Å². The lowest BCUT2D eigenvalue weighted by atomic mass is 10.1. The number of benzene rings is 1. The highest BCUT2D eigenvalue weighted by molar-refractivity contribution is 5.96. The van der Waals surface area contributed by atoms with Gasteiger partial charge in [0, 0.05) is 6.42 Å². The number of aromatic nitrogens is 1. The van der Waals surface area contributed by atoms with E-state index in [0.717, 1.165) is 23.5 Å². The summed E-state index contributed by atoms with van der Waals surface area (Å²) in [5.41, 5.74) is 2.03. The van der Waals surface area contributed by atoms with E-state index < -0.39 is 0 Å². The van der Waals surface area contributed by atoms with Crippen LogP contribution >= 0.6 is 0 Å². The Morgan fingerprint density at radius 2 is 1.96 bits per heavy atom. The molecule has 0 bridgehead atoms. The maximum atomic E-state index is 12.4. The van der Waals surface area contributed by atoms with Gasteiger partial charge in [0.2, 0.25) is 0 Å². The Hall–Kier alpha value is -2.50. The van der Waals surface area contributed by atoms with E-state index in [1.807, 2.05) is 25.1 Å². The molecule has 1 aromatic carbocycles. The number of ether oxygens (including phenoxy) is 2. The van der Waals surface area contributed by atoms with Crippen LogP contribution in [0.15, 0.2) is 22.7 Å². The third kappa shape index (κ3) is 3.16. The molecule has 1 N–H and O–H groups in total. The first-order chi connectivity index (χ1) is 11.1. The molecule has 1 atom stereocenters. The molecule has 6 nitrogen and oxygen atoms in total. The second kappa shape index (κ2) is 6.32. The normalized spacial score (nSPS) is 14.9. The molecule has 0 radical (unpaired) electrons. The van der Waals surface area contributed by atoms with Crippen LogP contribution in [0.5, 0.6) is 11.5 Å². The highest BCUT2D eigenvalue weighted by atomic mass is 16.5. The van der Waals surface area contributed by atoms with Crippen molar-refractivity contribution in [3.8, 4) is 11.5 Å². The first kappa shape index (κ1) is 15.4. The van der Waals surface area contributed by atoms with Gasteiger partial charge in [-0.1, -0.05) is 11.2 Å². The van der Waals surface area contributed by atoms with Gasteiger partial charge < -0.3 is 19.3 Å². The molecule has 0 spiro atoms. The number of hydrogen-bond acceptors (Lipinski definition) is 5. The van der Waals surface area contributed by atoms with Crippen molar-refractivity contribution in [3.63, 3.8) is 0 Å². The van der Waals surface area contributed by atoms with E-state index in [4.69, 9.17) is 14.0 Å². The van der Waals surface area contributed by atoms with Gasteiger partial charge in [-0.05, 0) is 38.5 Å². The minimum absolute atomic E-state index is 0.173. The average Bonchev–Trinajstić information content (AvgIpc) is 2.74. The van der Waals surface area contributed by atoms with Crippen molar-refractivity contribution in [1.29, 1.82) is 0 Å². The van der Waals surface area contributed by atoms with Crippen LogP contribution in [0, 0.1) is 13.8 Å². The summed E-state index contributed by atoms with van der Waals surface area (Å²) in [5.74, 6) is 1.79. The smallest absolute Gasteiger partial charge is 0.257 e. The molecule has 1 aromatic heterocycles. The second-order valence-electron chi connectivity index (χ2n) is 5.65. The molecule has 0 fully saturated rings. The van der Waals surface area contributed by atoms with Crippen LogP contribution in [0.4, 0.5) is 0 Å². The standard InChI is InChI=1S/C17H20N2O4/c1-10(18-17(20)16-11(2)19-23-12(16)3)13-5-6-14-15(9-13)22-8-4-7-21-14/h5-6,9-10H,4,7-8H2,1-3H3,(H,18,20)/t10-/m1/s1. The Labute approximate surface area is 134 Å². The molecule has 0 saturated heterocycles. The number of nitrogens with one attached hydrogen (secondary N) is 1. The molecule has 122 valence electrons. The molecule has 1 aliphatic rings. The van der Waals surface area contributed by atoms with Crippen molar-refractivity contribution in [2.75, 3.05) is 13.2 Å². The maximum absolute atomic E-state index is 12.4. The second-order valence-corrected chi connectivity index (χ2v) is 5.65. The Balaban J connectivity index is 1.77. The SMILES string of the molecule is Cc1noc(C)c1C(=O)N[C@H](C)c1ccc2c(c1)OCCCO2. The maximum Gasteiger partial charge on any atom is 0.257 e. The van der Waals surface area contributed by atoms with Crippen LogP contribution in [0.3, 0.4) is 0 Å². The highest BCUT2D eigenvalue weighted by Gasteiger charge is 2.20. The Bertz CT molecular complexity index is 704. The molecule has 0 aliphatic carbocycles. The predicted molar refractivity (Wildman–Crippen MR) is 83.9 cm³/mol. The first-order valence-corrected chi connectivity index (χ1v) is 7.69. The Morgan fingerprint density at radius 1 is 1.22 bits per heavy atom. The molecular formula is C17H20N2O4. The average molecular weight is 316 g/mol. The lowest BCUT2D eigenvalue weighted by molar-refractivity contribution is 0.0937. The molecule has 3 rings (SSSR count). The Kier molecular flexibility index (Phi) is 4.23. The van der Waals surface area contributed by atoms with E-state index >= 15 is 0 Å². The lowest BCUT2D eigenvalue weighted by Gasteiger charge is -2.16. The Morgan fingerprint density at radius 3 is 2.65 bits per heavy atom. The van der Waals surface area contributed by atoms with Gasteiger partial charge in [-0.2, -0.15) is 0 Å². The first-order valence-electron chi connectivity index (χ1n) is 7.69. The van der Waals surface area contributed by atoms with Gasteiger partial charge in [0.25, 0.3) is 5.91 Å². The number of hydrogen-bond donors (Lipinski definition) is 1. The molecular weight excluding hydrogens is 296 g/mol. The third-order valence-electron chi connectivity index (χ3n) is 3.88. The van der Waals surface area contributed by atoms with Crippen molar-refractivity contribution in [2.24, 2.45) is 0 Å². The van der Waals surface area contributed by atoms with E-state index in [0.29, 0.717) is 30.2 Å². The quantitative estimate of drug-likeness (QED) is 0.942. The molecule has 23 heavy (non-hydrogen) atoms. The number of fused-ring (bicyclic) bond motifs is 1. The van der Waals surface area contributed by atoms with Gasteiger partial charge in [-0.15, -0.1) is 0 Å². The number of carbonyl (C=O) groups is 1. The van der Waals surface area contributed by atoms with E-state index in [2.05, 4.69) is 10.5 Å². The largest absolute Gasteiger partial charge is 0.490 e. The minimum Gasteiger partial charge on any atom is -0.490 e. The fourth-order valence-corrected chi connectivity index (χ4v) is 2.61. The summed E-state index contributed by atoms with van der Waals surface area (Å²) in [6.45, 7) is 6.70. The van der Waals surface area contributed by atoms with Crippen molar-refractivity contribution < 1.29 is 18.8 Å². The monoisotopic (exact) mass is 316 g/mol. The van der Waals surface area contributed by atoms with Gasteiger partial charge in [0.15, 0.2) is 11.5 Å². The van der Waals surface area contributed by atoms with Crippen molar-refractivity contribution in [3.05, 3.63) is 40.8 Å². The summed E-state index contributed by atoms with van der Waals surface area (Å²) in [4.78, 5) is 12.4. The lowest BCUT2D eigenvalue weighted by Crippen LogP contribution is -2.27. The zero-order valence-electron chi connectivity index (χ0n) is 13.5. The van der Waals surface area contributed by atoms with E-state index in [-0.39, 0.29) is 11.9 Å². The van der Waals surface area contributed by atoms with Crippen LogP contribution in [0.25, 0.3) is 0 Å². The number of rotatable bonds is 3. The summed E-state index contributed by atoms with van der Waals surface area (Å²) in [6.07, 6.45) is 0.863. The summed E-state index contributed by atoms with van der Waals surface area (Å²) >= 11 is 0. The molecule has 2 aromatic rings. The summed E-state index contributed by atoms with van der Waals surface area (Å²) < 4.78 is 16.4. The topological polar surface area (TPSA) is 73.6 Å². The molecule has 0 saturated carbocycles. The van der Waals surface area contributed by atoms with E-state index in [1.54, 1.807) is 13.8 Å². The minimum atomic E-state index is -0.194. The number of carbonyl (C=O) groups excluding carboxylic acids is 1. The number of aryl methyl sites for hydroxylation is 2. The van der Waals surface area contributed by atoms with E-state index in [9.17, 15) is 4.79 Å². The van der Waals surface area contributed by atoms with Gasteiger partial charge in [0.05, 0.1) is 24.9 Å². The van der Waals surface area contributed by atoms with Gasteiger partial charge in [-0.3, -0.25) is 4.79 Å². The third-order valence-corrected chi connectivity index (χ3v) is 3.88. The summed E-state index contributed by atoms with van der Waals surface area (Å²) in [7, 11) is 0. The van der Waals surface area contributed by atoms with E-state index in [1.165, 1.54) is 0 Å². The molecule has 1 amide bonds. The van der Waals surface area contributed by atoms with Crippen LogP contribution < -0.4 is 14.8 Å². The molecule has 1 aliphatic heterocycles. The fourth-order valence-electron chi connectivity index (χ4n) is 2.61. The van der Waals surface area contributed by atoms with Crippen LogP contribution in [0.2, 0.25) is 0 Å². The van der Waals surface area contributed by atoms with Gasteiger partial charge in [-0.25, -0.2) is 0 Å². The van der Waals surface area contributed by atoms with Crippen LogP contribution in [0.1, 0.15) is 46.8 Å². The predicted octanol–water partition coefficient (Wildman–Crippen LogP) is 2.94. The highest BCUT2D eigenvalue weighted by Crippen LogP contribution is 2.32. The van der Waals surface area contributed by atoms with Crippen molar-refractivity contribution in [1.82, 2.24) is 10.5 Å². The van der Waals surface area contributed by atoms with Crippen molar-refractivity contribution >= 4 is 5.91 Å². The zero-order valence-corrected chi connectivity index (χ0v) is 13.5. The summed E-state index contributed by atoms with van der Waals surface area (Å²) in [6, 6.07) is 5.56. The van der Waals surface area contributed by atoms with Crippen LogP contribution in [-0.2, 0) is 0 Å². The fraction of sp³-hybridized carbons (Fsp3) is 0.412. The molecule has 6 heteroatoms. The number of amides is 1. The number of nitrogens with zero attached hydrogens (tertiary/aromatic N) is 1.